The standard InChI is InChI=1S/C27H26N2O2/c30-27(29-24-17-16-22-12-4-5-13-23(22)19-24)20-28-25-14-6-7-15-26(25)31-18-8-11-21-9-2-1-3-10-21/h1-7,9-10,12-17,19,28H,8,11,18,20H2,(H,29,30). The molecular weight excluding hydrogens is 384 g/mol. The molecular formula is C27H26N2O2. The fourth-order valence-electron chi connectivity index (χ4n) is 3.49. The van der Waals surface area contributed by atoms with E-state index in [1.807, 2.05) is 66.7 Å². The minimum atomic E-state index is -0.103. The SMILES string of the molecule is O=C(CNc1ccccc1OCCCc1ccccc1)Nc1ccc2ccccc2c1. The molecule has 0 heterocycles. The van der Waals surface area contributed by atoms with E-state index in [0.29, 0.717) is 6.61 Å². The molecule has 0 unspecified atom stereocenters. The van der Waals surface area contributed by atoms with Gasteiger partial charge in [-0.05, 0) is 53.4 Å². The normalized spacial score (nSPS) is 10.6. The highest BCUT2D eigenvalue weighted by Gasteiger charge is 2.07. The van der Waals surface area contributed by atoms with Crippen LogP contribution < -0.4 is 15.4 Å². The van der Waals surface area contributed by atoms with Crippen molar-refractivity contribution in [1.82, 2.24) is 0 Å². The summed E-state index contributed by atoms with van der Waals surface area (Å²) in [6.45, 7) is 0.786. The fraction of sp³-hybridized carbons (Fsp3) is 0.148. The van der Waals surface area contributed by atoms with E-state index in [-0.39, 0.29) is 12.5 Å². The van der Waals surface area contributed by atoms with Gasteiger partial charge in [0.25, 0.3) is 0 Å². The van der Waals surface area contributed by atoms with Gasteiger partial charge < -0.3 is 15.4 Å². The lowest BCUT2D eigenvalue weighted by atomic mass is 10.1. The minimum Gasteiger partial charge on any atom is -0.491 e. The topological polar surface area (TPSA) is 50.4 Å². The molecule has 1 amide bonds. The van der Waals surface area contributed by atoms with Crippen LogP contribution in [0.15, 0.2) is 97.1 Å². The summed E-state index contributed by atoms with van der Waals surface area (Å²) in [5.74, 6) is 0.656. The first kappa shape index (κ1) is 20.5. The third-order valence-corrected chi connectivity index (χ3v) is 5.07. The summed E-state index contributed by atoms with van der Waals surface area (Å²) in [6.07, 6.45) is 1.91. The molecule has 0 aliphatic rings. The van der Waals surface area contributed by atoms with E-state index in [1.165, 1.54) is 5.56 Å². The fourth-order valence-corrected chi connectivity index (χ4v) is 3.49. The Morgan fingerprint density at radius 2 is 1.52 bits per heavy atom. The summed E-state index contributed by atoms with van der Waals surface area (Å²) in [5.41, 5.74) is 2.91. The molecule has 0 aromatic heterocycles. The van der Waals surface area contributed by atoms with Crippen molar-refractivity contribution < 1.29 is 9.53 Å². The molecule has 4 rings (SSSR count). The van der Waals surface area contributed by atoms with Gasteiger partial charge in [-0.15, -0.1) is 0 Å². The number of hydrogen-bond acceptors (Lipinski definition) is 3. The maximum absolute atomic E-state index is 12.4. The lowest BCUT2D eigenvalue weighted by Crippen LogP contribution is -2.22. The van der Waals surface area contributed by atoms with Crippen LogP contribution in [0.5, 0.6) is 5.75 Å². The maximum Gasteiger partial charge on any atom is 0.243 e. The number of ether oxygens (including phenoxy) is 1. The van der Waals surface area contributed by atoms with Crippen LogP contribution in [0.25, 0.3) is 10.8 Å². The number of carbonyl (C=O) groups excluding carboxylic acids is 1. The summed E-state index contributed by atoms with van der Waals surface area (Å²) in [5, 5.41) is 8.39. The summed E-state index contributed by atoms with van der Waals surface area (Å²) in [7, 11) is 0. The van der Waals surface area contributed by atoms with Gasteiger partial charge in [0.2, 0.25) is 5.91 Å². The Balaban J connectivity index is 1.28. The number of hydrogen-bond donors (Lipinski definition) is 2. The number of anilines is 2. The Bertz CT molecular complexity index is 1140. The zero-order valence-corrected chi connectivity index (χ0v) is 17.4. The van der Waals surface area contributed by atoms with Crippen molar-refractivity contribution in [3.8, 4) is 5.75 Å². The van der Waals surface area contributed by atoms with Gasteiger partial charge in [-0.1, -0.05) is 72.8 Å². The molecule has 0 atom stereocenters. The summed E-state index contributed by atoms with van der Waals surface area (Å²) in [4.78, 5) is 12.4. The average molecular weight is 411 g/mol. The van der Waals surface area contributed by atoms with Crippen LogP contribution in [0.1, 0.15) is 12.0 Å². The van der Waals surface area contributed by atoms with Crippen LogP contribution in [-0.4, -0.2) is 19.1 Å². The number of fused-ring (bicyclic) bond motifs is 1. The van der Waals surface area contributed by atoms with Crippen LogP contribution >= 0.6 is 0 Å². The first-order valence-electron chi connectivity index (χ1n) is 10.6. The lowest BCUT2D eigenvalue weighted by molar-refractivity contribution is -0.114. The van der Waals surface area contributed by atoms with Crippen molar-refractivity contribution in [2.75, 3.05) is 23.8 Å². The predicted molar refractivity (Wildman–Crippen MR) is 128 cm³/mol. The second kappa shape index (κ2) is 10.3. The number of benzene rings is 4. The largest absolute Gasteiger partial charge is 0.491 e. The third kappa shape index (κ3) is 5.86. The molecule has 0 bridgehead atoms. The number of amides is 1. The maximum atomic E-state index is 12.4. The van der Waals surface area contributed by atoms with E-state index in [4.69, 9.17) is 4.74 Å². The molecule has 4 aromatic carbocycles. The Morgan fingerprint density at radius 3 is 2.39 bits per heavy atom. The molecule has 0 radical (unpaired) electrons. The van der Waals surface area contributed by atoms with E-state index in [9.17, 15) is 4.79 Å². The number of rotatable bonds is 9. The predicted octanol–water partition coefficient (Wildman–Crippen LogP) is 5.90. The molecule has 0 spiro atoms. The number of para-hydroxylation sites is 2. The van der Waals surface area contributed by atoms with Crippen LogP contribution in [0.4, 0.5) is 11.4 Å². The summed E-state index contributed by atoms with van der Waals surface area (Å²) < 4.78 is 5.96. The van der Waals surface area contributed by atoms with Gasteiger partial charge in [-0.3, -0.25) is 4.79 Å². The Kier molecular flexibility index (Phi) is 6.81. The zero-order chi connectivity index (χ0) is 21.3. The van der Waals surface area contributed by atoms with Gasteiger partial charge in [-0.2, -0.15) is 0 Å². The van der Waals surface area contributed by atoms with Crippen molar-refractivity contribution in [1.29, 1.82) is 0 Å². The summed E-state index contributed by atoms with van der Waals surface area (Å²) in [6, 6.07) is 32.1. The molecule has 31 heavy (non-hydrogen) atoms. The third-order valence-electron chi connectivity index (χ3n) is 5.07. The molecule has 0 saturated carbocycles. The Morgan fingerprint density at radius 1 is 0.774 bits per heavy atom. The van der Waals surface area contributed by atoms with Gasteiger partial charge >= 0.3 is 0 Å². The van der Waals surface area contributed by atoms with Crippen molar-refractivity contribution in [3.63, 3.8) is 0 Å². The van der Waals surface area contributed by atoms with Gasteiger partial charge in [0, 0.05) is 5.69 Å². The molecule has 156 valence electrons. The molecule has 0 fully saturated rings. The highest BCUT2D eigenvalue weighted by Crippen LogP contribution is 2.24. The molecule has 4 nitrogen and oxygen atoms in total. The van der Waals surface area contributed by atoms with Crippen LogP contribution in [0, 0.1) is 0 Å². The second-order valence-corrected chi connectivity index (χ2v) is 7.40. The first-order chi connectivity index (χ1) is 15.3. The van der Waals surface area contributed by atoms with Crippen molar-refractivity contribution in [2.24, 2.45) is 0 Å². The van der Waals surface area contributed by atoms with Crippen LogP contribution in [-0.2, 0) is 11.2 Å². The highest BCUT2D eigenvalue weighted by atomic mass is 16.5. The van der Waals surface area contributed by atoms with Crippen molar-refractivity contribution in [2.45, 2.75) is 12.8 Å². The van der Waals surface area contributed by atoms with Gasteiger partial charge in [0.05, 0.1) is 18.8 Å². The van der Waals surface area contributed by atoms with Crippen LogP contribution in [0.3, 0.4) is 0 Å². The number of aryl methyl sites for hydroxylation is 1. The monoisotopic (exact) mass is 410 g/mol. The summed E-state index contributed by atoms with van der Waals surface area (Å²) >= 11 is 0. The Hall–Kier alpha value is -3.79. The van der Waals surface area contributed by atoms with E-state index in [1.54, 1.807) is 0 Å². The van der Waals surface area contributed by atoms with E-state index in [0.717, 1.165) is 40.7 Å². The van der Waals surface area contributed by atoms with Crippen LogP contribution in [0.2, 0.25) is 0 Å². The van der Waals surface area contributed by atoms with Crippen molar-refractivity contribution in [3.05, 3.63) is 103 Å². The molecule has 2 N–H and O–H groups in total. The van der Waals surface area contributed by atoms with Gasteiger partial charge in [-0.25, -0.2) is 0 Å². The quantitative estimate of drug-likeness (QED) is 0.338. The number of nitrogens with one attached hydrogen (secondary N) is 2. The zero-order valence-electron chi connectivity index (χ0n) is 17.4. The highest BCUT2D eigenvalue weighted by molar-refractivity contribution is 5.96. The molecule has 0 saturated heterocycles. The number of carbonyl (C=O) groups is 1. The van der Waals surface area contributed by atoms with E-state index >= 15 is 0 Å². The smallest absolute Gasteiger partial charge is 0.243 e. The minimum absolute atomic E-state index is 0.103. The second-order valence-electron chi connectivity index (χ2n) is 7.40. The molecule has 0 aliphatic carbocycles. The van der Waals surface area contributed by atoms with Gasteiger partial charge in [0.15, 0.2) is 0 Å². The van der Waals surface area contributed by atoms with E-state index in [2.05, 4.69) is 41.0 Å². The first-order valence-corrected chi connectivity index (χ1v) is 10.6. The lowest BCUT2D eigenvalue weighted by Gasteiger charge is -2.13. The van der Waals surface area contributed by atoms with Gasteiger partial charge in [0.1, 0.15) is 5.75 Å². The molecule has 4 heteroatoms. The van der Waals surface area contributed by atoms with E-state index < -0.39 is 0 Å². The molecule has 4 aromatic rings. The average Bonchev–Trinajstić information content (AvgIpc) is 2.82. The van der Waals surface area contributed by atoms with Crippen molar-refractivity contribution >= 4 is 28.1 Å². The molecule has 0 aliphatic heterocycles. The Labute approximate surface area is 182 Å².